The van der Waals surface area contributed by atoms with Crippen molar-refractivity contribution in [3.05, 3.63) is 77.6 Å². The van der Waals surface area contributed by atoms with Crippen molar-refractivity contribution >= 4 is 15.9 Å². The van der Waals surface area contributed by atoms with Crippen molar-refractivity contribution < 1.29 is 22.0 Å². The third-order valence-electron chi connectivity index (χ3n) is 3.58. The van der Waals surface area contributed by atoms with E-state index in [9.17, 15) is 22.0 Å². The Balaban J connectivity index is 1.80. The van der Waals surface area contributed by atoms with Gasteiger partial charge in [0.1, 0.15) is 16.5 Å². The Bertz CT molecular complexity index is 1100. The number of hydrogen-bond acceptors (Lipinski definition) is 4. The molecular formula is C17H14F2N4O3S. The number of benzene rings is 2. The summed E-state index contributed by atoms with van der Waals surface area (Å²) in [5, 5.41) is 4.07. The molecule has 0 bridgehead atoms. The van der Waals surface area contributed by atoms with Gasteiger partial charge in [0.05, 0.1) is 5.69 Å². The zero-order chi connectivity index (χ0) is 19.6. The summed E-state index contributed by atoms with van der Waals surface area (Å²) in [6.07, 6.45) is 3.27. The molecule has 0 aliphatic rings. The third-order valence-corrected chi connectivity index (χ3v) is 4.86. The first-order chi connectivity index (χ1) is 12.8. The summed E-state index contributed by atoms with van der Waals surface area (Å²) in [5.74, 6) is -2.94. The standard InChI is InChI=1S/C17H14F2N4O3S/c1-11-7-12(9-14(8-11)23-6-2-5-20-23)17(24)21-22-27(25,26)16-4-3-13(18)10-15(16)19/h2-10,22H,1H3,(H,21,24). The topological polar surface area (TPSA) is 93.1 Å². The molecule has 3 rings (SSSR count). The predicted octanol–water partition coefficient (Wildman–Crippen LogP) is 2.08. The van der Waals surface area contributed by atoms with Gasteiger partial charge in [-0.25, -0.2) is 21.9 Å². The zero-order valence-corrected chi connectivity index (χ0v) is 14.8. The number of aryl methyl sites for hydroxylation is 1. The van der Waals surface area contributed by atoms with Crippen LogP contribution in [0.25, 0.3) is 5.69 Å². The number of carbonyl (C=O) groups is 1. The van der Waals surface area contributed by atoms with Crippen molar-refractivity contribution in [1.82, 2.24) is 20.0 Å². The molecule has 10 heteroatoms. The van der Waals surface area contributed by atoms with Gasteiger partial charge in [-0.2, -0.15) is 5.10 Å². The van der Waals surface area contributed by atoms with E-state index in [1.807, 2.05) is 5.43 Å². The lowest BCUT2D eigenvalue weighted by molar-refractivity contribution is 0.0945. The largest absolute Gasteiger partial charge is 0.273 e. The maximum atomic E-state index is 13.7. The van der Waals surface area contributed by atoms with E-state index in [0.29, 0.717) is 11.8 Å². The highest BCUT2D eigenvalue weighted by Crippen LogP contribution is 2.16. The Morgan fingerprint density at radius 3 is 2.59 bits per heavy atom. The molecule has 0 fully saturated rings. The van der Waals surface area contributed by atoms with Crippen LogP contribution in [0.4, 0.5) is 8.78 Å². The highest BCUT2D eigenvalue weighted by molar-refractivity contribution is 7.89. The molecule has 140 valence electrons. The van der Waals surface area contributed by atoms with Crippen molar-refractivity contribution in [2.75, 3.05) is 0 Å². The smallest absolute Gasteiger partial charge is 0.266 e. The Kier molecular flexibility index (Phi) is 5.02. The molecule has 3 aromatic rings. The normalized spacial score (nSPS) is 11.4. The van der Waals surface area contributed by atoms with E-state index in [2.05, 4.69) is 5.10 Å². The van der Waals surface area contributed by atoms with E-state index < -0.39 is 32.5 Å². The summed E-state index contributed by atoms with van der Waals surface area (Å²) < 4.78 is 52.4. The Hall–Kier alpha value is -3.11. The van der Waals surface area contributed by atoms with Crippen molar-refractivity contribution in [2.24, 2.45) is 0 Å². The quantitative estimate of drug-likeness (QED) is 0.650. The molecule has 27 heavy (non-hydrogen) atoms. The zero-order valence-electron chi connectivity index (χ0n) is 14.0. The molecule has 2 N–H and O–H groups in total. The Labute approximate surface area is 153 Å². The number of aromatic nitrogens is 2. The van der Waals surface area contributed by atoms with Crippen molar-refractivity contribution in [1.29, 1.82) is 0 Å². The second-order valence-corrected chi connectivity index (χ2v) is 7.29. The number of amides is 1. The van der Waals surface area contributed by atoms with Gasteiger partial charge in [-0.05, 0) is 48.9 Å². The molecule has 0 aliphatic heterocycles. The fourth-order valence-corrected chi connectivity index (χ4v) is 3.28. The highest BCUT2D eigenvalue weighted by atomic mass is 32.2. The highest BCUT2D eigenvalue weighted by Gasteiger charge is 2.21. The minimum absolute atomic E-state index is 0.169. The number of carbonyl (C=O) groups excluding carboxylic acids is 1. The fourth-order valence-electron chi connectivity index (χ4n) is 2.38. The summed E-state index contributed by atoms with van der Waals surface area (Å²) in [6.45, 7) is 1.77. The van der Waals surface area contributed by atoms with Crippen LogP contribution in [0.1, 0.15) is 15.9 Å². The maximum absolute atomic E-state index is 13.7. The summed E-state index contributed by atoms with van der Waals surface area (Å²) in [6, 6.07) is 8.58. The summed E-state index contributed by atoms with van der Waals surface area (Å²) in [5.41, 5.74) is 3.54. The SMILES string of the molecule is Cc1cc(C(=O)NNS(=O)(=O)c2ccc(F)cc2F)cc(-n2cccn2)c1. The number of halogens is 2. The van der Waals surface area contributed by atoms with Crippen molar-refractivity contribution in [3.8, 4) is 5.69 Å². The van der Waals surface area contributed by atoms with Crippen LogP contribution >= 0.6 is 0 Å². The molecule has 1 amide bonds. The number of sulfonamides is 1. The third kappa shape index (κ3) is 4.18. The van der Waals surface area contributed by atoms with E-state index in [0.717, 1.165) is 17.7 Å². The molecule has 0 saturated carbocycles. The first-order valence-electron chi connectivity index (χ1n) is 7.65. The van der Waals surface area contributed by atoms with E-state index >= 15 is 0 Å². The van der Waals surface area contributed by atoms with E-state index in [1.54, 1.807) is 47.0 Å². The van der Waals surface area contributed by atoms with Crippen LogP contribution in [0, 0.1) is 18.6 Å². The van der Waals surface area contributed by atoms with Crippen LogP contribution in [0.5, 0.6) is 0 Å². The van der Waals surface area contributed by atoms with Gasteiger partial charge in [-0.1, -0.05) is 0 Å². The fraction of sp³-hybridized carbons (Fsp3) is 0.0588. The molecule has 0 radical (unpaired) electrons. The lowest BCUT2D eigenvalue weighted by Gasteiger charge is -2.11. The molecule has 2 aromatic carbocycles. The van der Waals surface area contributed by atoms with E-state index in [1.165, 1.54) is 6.07 Å². The Morgan fingerprint density at radius 1 is 1.15 bits per heavy atom. The van der Waals surface area contributed by atoms with Gasteiger partial charge in [0.15, 0.2) is 0 Å². The second-order valence-electron chi connectivity index (χ2n) is 5.64. The number of rotatable bonds is 5. The average molecular weight is 392 g/mol. The van der Waals surface area contributed by atoms with Gasteiger partial charge in [-0.15, -0.1) is 4.83 Å². The first-order valence-corrected chi connectivity index (χ1v) is 9.13. The molecule has 0 aliphatic carbocycles. The molecule has 7 nitrogen and oxygen atoms in total. The minimum Gasteiger partial charge on any atom is -0.273 e. The van der Waals surface area contributed by atoms with Gasteiger partial charge in [0.25, 0.3) is 15.9 Å². The van der Waals surface area contributed by atoms with Crippen LogP contribution < -0.4 is 10.3 Å². The second kappa shape index (κ2) is 7.25. The van der Waals surface area contributed by atoms with Gasteiger partial charge in [0, 0.05) is 24.0 Å². The number of nitrogens with zero attached hydrogens (tertiary/aromatic N) is 2. The predicted molar refractivity (Wildman–Crippen MR) is 92.4 cm³/mol. The van der Waals surface area contributed by atoms with Crippen molar-refractivity contribution in [3.63, 3.8) is 0 Å². The van der Waals surface area contributed by atoms with Gasteiger partial charge >= 0.3 is 0 Å². The molecule has 0 spiro atoms. The minimum atomic E-state index is -4.42. The van der Waals surface area contributed by atoms with Crippen LogP contribution in [0.2, 0.25) is 0 Å². The Morgan fingerprint density at radius 2 is 1.93 bits per heavy atom. The maximum Gasteiger partial charge on any atom is 0.266 e. The molecule has 0 unspecified atom stereocenters. The van der Waals surface area contributed by atoms with Gasteiger partial charge in [-0.3, -0.25) is 10.2 Å². The average Bonchev–Trinajstić information content (AvgIpc) is 3.13. The molecule has 0 atom stereocenters. The van der Waals surface area contributed by atoms with E-state index in [-0.39, 0.29) is 5.56 Å². The molecule has 1 heterocycles. The summed E-state index contributed by atoms with van der Waals surface area (Å²) >= 11 is 0. The summed E-state index contributed by atoms with van der Waals surface area (Å²) in [7, 11) is -4.42. The molecule has 1 aromatic heterocycles. The number of nitrogens with one attached hydrogen (secondary N) is 2. The number of hydrazine groups is 1. The van der Waals surface area contributed by atoms with Crippen LogP contribution in [-0.4, -0.2) is 24.1 Å². The monoisotopic (exact) mass is 392 g/mol. The molecule has 0 saturated heterocycles. The van der Waals surface area contributed by atoms with E-state index in [4.69, 9.17) is 0 Å². The van der Waals surface area contributed by atoms with Crippen molar-refractivity contribution in [2.45, 2.75) is 11.8 Å². The van der Waals surface area contributed by atoms with Crippen LogP contribution in [-0.2, 0) is 10.0 Å². The number of hydrogen-bond donors (Lipinski definition) is 2. The molecular weight excluding hydrogens is 378 g/mol. The van der Waals surface area contributed by atoms with Gasteiger partial charge < -0.3 is 0 Å². The van der Waals surface area contributed by atoms with Crippen LogP contribution in [0.15, 0.2) is 59.8 Å². The lowest BCUT2D eigenvalue weighted by atomic mass is 10.1. The first kappa shape index (κ1) is 18.7. The van der Waals surface area contributed by atoms with Crippen LogP contribution in [0.3, 0.4) is 0 Å². The van der Waals surface area contributed by atoms with Gasteiger partial charge in [0.2, 0.25) is 0 Å². The lowest BCUT2D eigenvalue weighted by Crippen LogP contribution is -2.41. The summed E-state index contributed by atoms with van der Waals surface area (Å²) in [4.78, 5) is 13.3.